The first-order valence-electron chi connectivity index (χ1n) is 8.43. The fourth-order valence-electron chi connectivity index (χ4n) is 4.32. The number of fused-ring (bicyclic) bond motifs is 5. The van der Waals surface area contributed by atoms with Crippen LogP contribution >= 0.6 is 0 Å². The molecule has 5 rings (SSSR count). The second-order valence-corrected chi connectivity index (χ2v) is 6.86. The van der Waals surface area contributed by atoms with Crippen molar-refractivity contribution in [2.45, 2.75) is 31.6 Å². The highest BCUT2D eigenvalue weighted by atomic mass is 19.1. The van der Waals surface area contributed by atoms with Crippen LogP contribution in [0.5, 0.6) is 0 Å². The maximum atomic E-state index is 13.3. The number of aromatic nitrogens is 2. The molecule has 6 nitrogen and oxygen atoms in total. The molecule has 4 atom stereocenters. The average molecular weight is 341 g/mol. The van der Waals surface area contributed by atoms with Gasteiger partial charge in [-0.15, -0.1) is 0 Å². The Labute approximate surface area is 143 Å². The van der Waals surface area contributed by atoms with Crippen LogP contribution in [0.2, 0.25) is 0 Å². The molecular formula is C18H16FN3O3. The quantitative estimate of drug-likeness (QED) is 0.798. The van der Waals surface area contributed by atoms with E-state index in [0.29, 0.717) is 12.4 Å². The van der Waals surface area contributed by atoms with E-state index in [-0.39, 0.29) is 41.7 Å². The lowest BCUT2D eigenvalue weighted by molar-refractivity contribution is -0.124. The van der Waals surface area contributed by atoms with E-state index >= 15 is 0 Å². The van der Waals surface area contributed by atoms with Gasteiger partial charge < -0.3 is 4.74 Å². The second kappa shape index (κ2) is 5.23. The van der Waals surface area contributed by atoms with E-state index in [1.54, 1.807) is 29.1 Å². The van der Waals surface area contributed by atoms with E-state index < -0.39 is 0 Å². The van der Waals surface area contributed by atoms with Crippen molar-refractivity contribution in [1.82, 2.24) is 9.78 Å². The van der Waals surface area contributed by atoms with E-state index in [4.69, 9.17) is 4.74 Å². The van der Waals surface area contributed by atoms with E-state index in [9.17, 15) is 14.0 Å². The SMILES string of the molecule is O=C1[C@@H]2[C@H](C(=O)N1c1ccn(Cc3cccc(F)c3)n1)[C@H]1CC[C@H]2O1. The number of hydrogen-bond acceptors (Lipinski definition) is 4. The fourth-order valence-corrected chi connectivity index (χ4v) is 4.32. The van der Waals surface area contributed by atoms with Crippen molar-refractivity contribution in [2.24, 2.45) is 11.8 Å². The van der Waals surface area contributed by atoms with Crippen LogP contribution < -0.4 is 4.90 Å². The average Bonchev–Trinajstić information content (AvgIpc) is 3.33. The molecule has 0 unspecified atom stereocenters. The van der Waals surface area contributed by atoms with Gasteiger partial charge in [0.25, 0.3) is 0 Å². The maximum Gasteiger partial charge on any atom is 0.241 e. The summed E-state index contributed by atoms with van der Waals surface area (Å²) in [6.45, 7) is 0.370. The van der Waals surface area contributed by atoms with Crippen LogP contribution in [-0.4, -0.2) is 33.8 Å². The zero-order valence-electron chi connectivity index (χ0n) is 13.3. The molecule has 0 aliphatic carbocycles. The number of rotatable bonds is 3. The van der Waals surface area contributed by atoms with Gasteiger partial charge in [-0.1, -0.05) is 12.1 Å². The number of nitrogens with zero attached hydrogens (tertiary/aromatic N) is 3. The third-order valence-corrected chi connectivity index (χ3v) is 5.37. The Bertz CT molecular complexity index is 852. The molecule has 2 bridgehead atoms. The molecule has 3 aliphatic heterocycles. The standard InChI is InChI=1S/C18H16FN3O3/c19-11-3-1-2-10(8-11)9-21-7-6-14(20-21)22-17(23)15-12-4-5-13(25-12)16(15)18(22)24/h1-3,6-8,12-13,15-16H,4-5,9H2/t12-,13-,15-,16+/m1/s1. The van der Waals surface area contributed by atoms with Crippen LogP contribution in [0.15, 0.2) is 36.5 Å². The molecule has 0 saturated carbocycles. The summed E-state index contributed by atoms with van der Waals surface area (Å²) in [5.41, 5.74) is 0.761. The summed E-state index contributed by atoms with van der Waals surface area (Å²) < 4.78 is 20.6. The Morgan fingerprint density at radius 2 is 1.84 bits per heavy atom. The zero-order chi connectivity index (χ0) is 17.1. The van der Waals surface area contributed by atoms with Gasteiger partial charge in [0.2, 0.25) is 11.8 Å². The van der Waals surface area contributed by atoms with Crippen molar-refractivity contribution >= 4 is 17.6 Å². The summed E-state index contributed by atoms with van der Waals surface area (Å²) in [4.78, 5) is 26.7. The molecule has 2 aromatic rings. The van der Waals surface area contributed by atoms with Crippen molar-refractivity contribution in [3.05, 3.63) is 47.9 Å². The summed E-state index contributed by atoms with van der Waals surface area (Å²) >= 11 is 0. The molecule has 4 heterocycles. The predicted octanol–water partition coefficient (Wildman–Crippen LogP) is 1.74. The minimum absolute atomic E-state index is 0.133. The molecule has 1 aromatic heterocycles. The zero-order valence-corrected chi connectivity index (χ0v) is 13.3. The van der Waals surface area contributed by atoms with Crippen LogP contribution in [0.25, 0.3) is 0 Å². The van der Waals surface area contributed by atoms with Crippen LogP contribution in [0.4, 0.5) is 10.2 Å². The van der Waals surface area contributed by atoms with Crippen LogP contribution in [0, 0.1) is 17.7 Å². The van der Waals surface area contributed by atoms with Crippen molar-refractivity contribution in [1.29, 1.82) is 0 Å². The molecule has 25 heavy (non-hydrogen) atoms. The smallest absolute Gasteiger partial charge is 0.241 e. The topological polar surface area (TPSA) is 64.4 Å². The first kappa shape index (κ1) is 14.8. The van der Waals surface area contributed by atoms with Gasteiger partial charge in [-0.05, 0) is 30.5 Å². The van der Waals surface area contributed by atoms with Gasteiger partial charge in [0.05, 0.1) is 30.6 Å². The molecule has 3 fully saturated rings. The molecule has 1 aromatic carbocycles. The Kier molecular flexibility index (Phi) is 3.09. The van der Waals surface area contributed by atoms with Crippen LogP contribution in [0.3, 0.4) is 0 Å². The molecule has 2 amide bonds. The van der Waals surface area contributed by atoms with Crippen molar-refractivity contribution < 1.29 is 18.7 Å². The third-order valence-electron chi connectivity index (χ3n) is 5.37. The van der Waals surface area contributed by atoms with Crippen molar-refractivity contribution in [2.75, 3.05) is 4.90 Å². The monoisotopic (exact) mass is 341 g/mol. The molecule has 3 aliphatic rings. The number of imide groups is 1. The van der Waals surface area contributed by atoms with Gasteiger partial charge in [-0.3, -0.25) is 14.3 Å². The Morgan fingerprint density at radius 1 is 1.12 bits per heavy atom. The van der Waals surface area contributed by atoms with Crippen molar-refractivity contribution in [3.63, 3.8) is 0 Å². The Morgan fingerprint density at radius 3 is 2.52 bits per heavy atom. The summed E-state index contributed by atoms with van der Waals surface area (Å²) in [6.07, 6.45) is 3.11. The lowest BCUT2D eigenvalue weighted by atomic mass is 9.81. The number of hydrogen-bond donors (Lipinski definition) is 0. The molecule has 3 saturated heterocycles. The van der Waals surface area contributed by atoms with Crippen molar-refractivity contribution in [3.8, 4) is 0 Å². The van der Waals surface area contributed by atoms with E-state index in [1.807, 2.05) is 0 Å². The predicted molar refractivity (Wildman–Crippen MR) is 85.1 cm³/mol. The molecule has 0 spiro atoms. The van der Waals surface area contributed by atoms with Gasteiger partial charge in [0.15, 0.2) is 5.82 Å². The number of anilines is 1. The lowest BCUT2D eigenvalue weighted by Gasteiger charge is -2.15. The van der Waals surface area contributed by atoms with Crippen LogP contribution in [0.1, 0.15) is 18.4 Å². The van der Waals surface area contributed by atoms with Gasteiger partial charge in [0, 0.05) is 12.3 Å². The van der Waals surface area contributed by atoms with Gasteiger partial charge >= 0.3 is 0 Å². The third kappa shape index (κ3) is 2.15. The highest BCUT2D eigenvalue weighted by molar-refractivity contribution is 6.22. The minimum Gasteiger partial charge on any atom is -0.373 e. The molecular weight excluding hydrogens is 325 g/mol. The van der Waals surface area contributed by atoms with Crippen LogP contribution in [-0.2, 0) is 20.9 Å². The number of halogens is 1. The largest absolute Gasteiger partial charge is 0.373 e. The number of ether oxygens (including phenoxy) is 1. The summed E-state index contributed by atoms with van der Waals surface area (Å²) in [5.74, 6) is -1.12. The Balaban J connectivity index is 1.40. The fraction of sp³-hybridized carbons (Fsp3) is 0.389. The molecule has 7 heteroatoms. The van der Waals surface area contributed by atoms with E-state index in [2.05, 4.69) is 5.10 Å². The number of amides is 2. The number of carbonyl (C=O) groups excluding carboxylic acids is 2. The number of benzene rings is 1. The van der Waals surface area contributed by atoms with Gasteiger partial charge in [-0.25, -0.2) is 9.29 Å². The highest BCUT2D eigenvalue weighted by Gasteiger charge is 2.63. The first-order chi connectivity index (χ1) is 12.1. The normalized spacial score (nSPS) is 30.4. The van der Waals surface area contributed by atoms with Gasteiger partial charge in [-0.2, -0.15) is 5.10 Å². The maximum absolute atomic E-state index is 13.3. The lowest BCUT2D eigenvalue weighted by Crippen LogP contribution is -2.34. The molecule has 0 radical (unpaired) electrons. The summed E-state index contributed by atoms with van der Waals surface area (Å²) in [7, 11) is 0. The second-order valence-electron chi connectivity index (χ2n) is 6.86. The summed E-state index contributed by atoms with van der Waals surface area (Å²) in [6, 6.07) is 7.91. The highest BCUT2D eigenvalue weighted by Crippen LogP contribution is 2.49. The van der Waals surface area contributed by atoms with E-state index in [0.717, 1.165) is 18.4 Å². The molecule has 0 N–H and O–H groups in total. The minimum atomic E-state index is -0.361. The first-order valence-corrected chi connectivity index (χ1v) is 8.43. The molecule has 128 valence electrons. The Hall–Kier alpha value is -2.54. The number of carbonyl (C=O) groups is 2. The van der Waals surface area contributed by atoms with Gasteiger partial charge in [0.1, 0.15) is 5.82 Å². The summed E-state index contributed by atoms with van der Waals surface area (Å²) in [5, 5.41) is 4.35. The van der Waals surface area contributed by atoms with E-state index in [1.165, 1.54) is 17.0 Å².